The molecule has 7 heteroatoms. The Morgan fingerprint density at radius 2 is 1.93 bits per heavy atom. The zero-order chi connectivity index (χ0) is 20.9. The number of amides is 1. The summed E-state index contributed by atoms with van der Waals surface area (Å²) < 4.78 is 19.4. The van der Waals surface area contributed by atoms with Crippen molar-refractivity contribution >= 4 is 28.2 Å². The summed E-state index contributed by atoms with van der Waals surface area (Å²) >= 11 is 0. The summed E-state index contributed by atoms with van der Waals surface area (Å²) in [4.78, 5) is 20.9. The Morgan fingerprint density at radius 1 is 1.17 bits per heavy atom. The van der Waals surface area contributed by atoms with E-state index in [1.807, 2.05) is 36.2 Å². The van der Waals surface area contributed by atoms with Crippen molar-refractivity contribution in [3.63, 3.8) is 0 Å². The van der Waals surface area contributed by atoms with Gasteiger partial charge in [0.25, 0.3) is 0 Å². The van der Waals surface area contributed by atoms with Crippen molar-refractivity contribution < 1.29 is 13.9 Å². The number of carbonyl (C=O) groups excluding carboxylic acids is 1. The molecule has 0 radical (unpaired) electrons. The number of benzene rings is 2. The van der Waals surface area contributed by atoms with Crippen LogP contribution in [0.3, 0.4) is 0 Å². The fraction of sp³-hybridized carbons (Fsp3) is 0.304. The van der Waals surface area contributed by atoms with Gasteiger partial charge in [-0.05, 0) is 55.1 Å². The number of morpholine rings is 1. The molecule has 1 N–H and O–H groups in total. The number of ether oxygens (including phenoxy) is 1. The van der Waals surface area contributed by atoms with E-state index in [-0.39, 0.29) is 18.3 Å². The molecule has 2 heterocycles. The van der Waals surface area contributed by atoms with E-state index in [2.05, 4.69) is 15.2 Å². The molecule has 0 spiro atoms. The second kappa shape index (κ2) is 9.19. The summed E-state index contributed by atoms with van der Waals surface area (Å²) in [7, 11) is 1.86. The zero-order valence-corrected chi connectivity index (χ0v) is 17.0. The molecule has 0 unspecified atom stereocenters. The highest BCUT2D eigenvalue weighted by Gasteiger charge is 2.13. The van der Waals surface area contributed by atoms with Crippen molar-refractivity contribution in [1.29, 1.82) is 0 Å². The van der Waals surface area contributed by atoms with Gasteiger partial charge in [0.2, 0.25) is 5.91 Å². The molecule has 1 aromatic heterocycles. The van der Waals surface area contributed by atoms with Crippen LogP contribution in [0.1, 0.15) is 5.56 Å². The fourth-order valence-electron chi connectivity index (χ4n) is 3.69. The lowest BCUT2D eigenvalue weighted by atomic mass is 10.1. The standard InChI is InChI=1S/C23H25FN4O2/c1-27(15-17-4-9-21(24)20-3-2-10-25-23(17)20)16-22(29)26-18-5-7-19(8-6-18)28-11-13-30-14-12-28/h2-10H,11-16H2,1H3,(H,26,29). The molecule has 0 saturated carbocycles. The number of fused-ring (bicyclic) bond motifs is 1. The lowest BCUT2D eigenvalue weighted by molar-refractivity contribution is -0.117. The van der Waals surface area contributed by atoms with Crippen molar-refractivity contribution in [2.45, 2.75) is 6.54 Å². The molecule has 0 atom stereocenters. The maximum Gasteiger partial charge on any atom is 0.238 e. The molecule has 2 aromatic carbocycles. The lowest BCUT2D eigenvalue weighted by Crippen LogP contribution is -2.36. The first kappa shape index (κ1) is 20.3. The van der Waals surface area contributed by atoms with Gasteiger partial charge in [0.05, 0.1) is 25.3 Å². The van der Waals surface area contributed by atoms with Gasteiger partial charge in [-0.3, -0.25) is 14.7 Å². The number of pyridine rings is 1. The first-order valence-corrected chi connectivity index (χ1v) is 10.0. The third kappa shape index (κ3) is 4.75. The molecular formula is C23H25FN4O2. The van der Waals surface area contributed by atoms with Crippen LogP contribution in [0.2, 0.25) is 0 Å². The minimum Gasteiger partial charge on any atom is -0.378 e. The number of hydrogen-bond acceptors (Lipinski definition) is 5. The number of carbonyl (C=O) groups is 1. The van der Waals surface area contributed by atoms with Gasteiger partial charge in [-0.1, -0.05) is 6.07 Å². The maximum atomic E-state index is 14.0. The number of nitrogens with one attached hydrogen (secondary N) is 1. The van der Waals surface area contributed by atoms with E-state index in [0.29, 0.717) is 17.4 Å². The normalized spacial score (nSPS) is 14.3. The molecular weight excluding hydrogens is 383 g/mol. The van der Waals surface area contributed by atoms with Crippen LogP contribution >= 0.6 is 0 Å². The van der Waals surface area contributed by atoms with E-state index in [9.17, 15) is 9.18 Å². The molecule has 3 aromatic rings. The molecule has 30 heavy (non-hydrogen) atoms. The second-order valence-corrected chi connectivity index (χ2v) is 7.47. The molecule has 6 nitrogen and oxygen atoms in total. The van der Waals surface area contributed by atoms with Crippen LogP contribution in [-0.2, 0) is 16.1 Å². The number of nitrogens with zero attached hydrogens (tertiary/aromatic N) is 3. The number of halogens is 1. The third-order valence-electron chi connectivity index (χ3n) is 5.18. The lowest BCUT2D eigenvalue weighted by Gasteiger charge is -2.28. The molecule has 1 saturated heterocycles. The summed E-state index contributed by atoms with van der Waals surface area (Å²) in [6.45, 7) is 3.95. The van der Waals surface area contributed by atoms with E-state index < -0.39 is 0 Å². The van der Waals surface area contributed by atoms with Gasteiger partial charge in [-0.15, -0.1) is 0 Å². The SMILES string of the molecule is CN(CC(=O)Nc1ccc(N2CCOCC2)cc1)Cc1ccc(F)c2cccnc12. The third-order valence-corrected chi connectivity index (χ3v) is 5.18. The largest absolute Gasteiger partial charge is 0.378 e. The summed E-state index contributed by atoms with van der Waals surface area (Å²) in [5.74, 6) is -0.390. The van der Waals surface area contributed by atoms with E-state index in [4.69, 9.17) is 4.74 Å². The van der Waals surface area contributed by atoms with Crippen LogP contribution in [0.5, 0.6) is 0 Å². The van der Waals surface area contributed by atoms with Crippen LogP contribution in [0.15, 0.2) is 54.7 Å². The molecule has 1 aliphatic rings. The quantitative estimate of drug-likeness (QED) is 0.678. The van der Waals surface area contributed by atoms with Crippen molar-refractivity contribution in [3.05, 3.63) is 66.1 Å². The van der Waals surface area contributed by atoms with Gasteiger partial charge < -0.3 is 15.0 Å². The first-order chi connectivity index (χ1) is 14.6. The highest BCUT2D eigenvalue weighted by Crippen LogP contribution is 2.21. The molecule has 1 fully saturated rings. The Kier molecular flexibility index (Phi) is 6.21. The highest BCUT2D eigenvalue weighted by molar-refractivity contribution is 5.92. The van der Waals surface area contributed by atoms with E-state index >= 15 is 0 Å². The maximum absolute atomic E-state index is 14.0. The summed E-state index contributed by atoms with van der Waals surface area (Å²) in [5.41, 5.74) is 3.41. The second-order valence-electron chi connectivity index (χ2n) is 7.47. The van der Waals surface area contributed by atoms with Gasteiger partial charge in [-0.2, -0.15) is 0 Å². The van der Waals surface area contributed by atoms with Gasteiger partial charge in [0.1, 0.15) is 5.82 Å². The molecule has 1 amide bonds. The van der Waals surface area contributed by atoms with Crippen LogP contribution in [0, 0.1) is 5.82 Å². The van der Waals surface area contributed by atoms with Crippen LogP contribution in [0.4, 0.5) is 15.8 Å². The summed E-state index contributed by atoms with van der Waals surface area (Å²) in [5, 5.41) is 3.43. The predicted molar refractivity (Wildman–Crippen MR) is 116 cm³/mol. The summed E-state index contributed by atoms with van der Waals surface area (Å²) in [6.07, 6.45) is 1.65. The molecule has 0 bridgehead atoms. The number of likely N-dealkylation sites (N-methyl/N-ethyl adjacent to an activating group) is 1. The number of aromatic nitrogens is 1. The zero-order valence-electron chi connectivity index (χ0n) is 17.0. The topological polar surface area (TPSA) is 57.7 Å². The smallest absolute Gasteiger partial charge is 0.238 e. The van der Waals surface area contributed by atoms with Crippen LogP contribution < -0.4 is 10.2 Å². The van der Waals surface area contributed by atoms with Crippen molar-refractivity contribution in [2.75, 3.05) is 50.1 Å². The average Bonchev–Trinajstić information content (AvgIpc) is 2.77. The Bertz CT molecular complexity index is 1020. The van der Waals surface area contributed by atoms with Crippen molar-refractivity contribution in [3.8, 4) is 0 Å². The summed E-state index contributed by atoms with van der Waals surface area (Å²) in [6, 6.07) is 14.5. The fourth-order valence-corrected chi connectivity index (χ4v) is 3.69. The molecule has 156 valence electrons. The first-order valence-electron chi connectivity index (χ1n) is 10.0. The van der Waals surface area contributed by atoms with Gasteiger partial charge in [0, 0.05) is 42.6 Å². The Hall–Kier alpha value is -3.03. The van der Waals surface area contributed by atoms with Crippen LogP contribution in [0.25, 0.3) is 10.9 Å². The molecule has 0 aliphatic carbocycles. The molecule has 1 aliphatic heterocycles. The Balaban J connectivity index is 1.34. The van der Waals surface area contributed by atoms with Crippen molar-refractivity contribution in [2.24, 2.45) is 0 Å². The molecule has 4 rings (SSSR count). The predicted octanol–water partition coefficient (Wildman–Crippen LogP) is 3.28. The average molecular weight is 408 g/mol. The van der Waals surface area contributed by atoms with Crippen molar-refractivity contribution in [1.82, 2.24) is 9.88 Å². The highest BCUT2D eigenvalue weighted by atomic mass is 19.1. The number of hydrogen-bond donors (Lipinski definition) is 1. The minimum atomic E-state index is -0.289. The van der Waals surface area contributed by atoms with Gasteiger partial charge >= 0.3 is 0 Å². The Morgan fingerprint density at radius 3 is 2.70 bits per heavy atom. The Labute approximate surface area is 175 Å². The van der Waals surface area contributed by atoms with Gasteiger partial charge in [-0.25, -0.2) is 4.39 Å². The minimum absolute atomic E-state index is 0.101. The monoisotopic (exact) mass is 408 g/mol. The van der Waals surface area contributed by atoms with E-state index in [0.717, 1.165) is 43.2 Å². The van der Waals surface area contributed by atoms with E-state index in [1.54, 1.807) is 24.4 Å². The number of anilines is 2. The number of rotatable bonds is 6. The van der Waals surface area contributed by atoms with Crippen LogP contribution in [-0.4, -0.2) is 55.7 Å². The van der Waals surface area contributed by atoms with E-state index in [1.165, 1.54) is 6.07 Å². The van der Waals surface area contributed by atoms with Gasteiger partial charge in [0.15, 0.2) is 0 Å².